The van der Waals surface area contributed by atoms with Gasteiger partial charge in [0.2, 0.25) is 0 Å². The van der Waals surface area contributed by atoms with Crippen molar-refractivity contribution in [2.45, 2.75) is 13.0 Å². The zero-order valence-corrected chi connectivity index (χ0v) is 8.32. The molecule has 1 aliphatic heterocycles. The summed E-state index contributed by atoms with van der Waals surface area (Å²) >= 11 is 0. The van der Waals surface area contributed by atoms with E-state index in [-0.39, 0.29) is 0 Å². The number of aryl methyl sites for hydroxylation is 1. The van der Waals surface area contributed by atoms with E-state index in [0.29, 0.717) is 5.69 Å². The molecule has 0 amide bonds. The Morgan fingerprint density at radius 1 is 1.50 bits per heavy atom. The van der Waals surface area contributed by atoms with Gasteiger partial charge in [-0.15, -0.1) is 0 Å². The van der Waals surface area contributed by atoms with Crippen LogP contribution in [0.15, 0.2) is 0 Å². The number of aromatic nitrogens is 2. The number of rotatable bonds is 1. The molecule has 0 aromatic carbocycles. The largest absolute Gasteiger partial charge is 0.477 e. The first-order valence-electron chi connectivity index (χ1n) is 4.56. The summed E-state index contributed by atoms with van der Waals surface area (Å²) < 4.78 is 1.46. The van der Waals surface area contributed by atoms with Crippen LogP contribution in [-0.2, 0) is 20.0 Å². The van der Waals surface area contributed by atoms with Crippen LogP contribution < -0.4 is 0 Å². The summed E-state index contributed by atoms with van der Waals surface area (Å²) in [5.74, 6) is -0.884. The van der Waals surface area contributed by atoms with E-state index in [2.05, 4.69) is 10.00 Å². The van der Waals surface area contributed by atoms with Crippen LogP contribution in [0.1, 0.15) is 21.7 Å². The first-order chi connectivity index (χ1) is 6.59. The van der Waals surface area contributed by atoms with Crippen LogP contribution in [0.2, 0.25) is 0 Å². The van der Waals surface area contributed by atoms with Crippen molar-refractivity contribution >= 4 is 5.97 Å². The molecule has 0 radical (unpaired) electrons. The number of carboxylic acids is 1. The van der Waals surface area contributed by atoms with E-state index in [9.17, 15) is 4.79 Å². The molecular formula is C9H13N3O2. The maximum atomic E-state index is 11.0. The molecule has 1 N–H and O–H groups in total. The van der Waals surface area contributed by atoms with E-state index in [4.69, 9.17) is 5.11 Å². The molecule has 0 bridgehead atoms. The maximum absolute atomic E-state index is 11.0. The van der Waals surface area contributed by atoms with Crippen LogP contribution in [-0.4, -0.2) is 39.3 Å². The smallest absolute Gasteiger partial charge is 0.354 e. The molecule has 0 fully saturated rings. The Morgan fingerprint density at radius 3 is 2.86 bits per heavy atom. The molecular weight excluding hydrogens is 182 g/mol. The van der Waals surface area contributed by atoms with Gasteiger partial charge in [0.15, 0.2) is 0 Å². The summed E-state index contributed by atoms with van der Waals surface area (Å²) in [6, 6.07) is 0. The first kappa shape index (κ1) is 9.21. The van der Waals surface area contributed by atoms with E-state index in [1.165, 1.54) is 4.68 Å². The second-order valence-electron chi connectivity index (χ2n) is 3.69. The van der Waals surface area contributed by atoms with Gasteiger partial charge in [-0.2, -0.15) is 5.10 Å². The minimum Gasteiger partial charge on any atom is -0.477 e. The molecule has 1 aromatic rings. The van der Waals surface area contributed by atoms with Crippen molar-refractivity contribution in [3.05, 3.63) is 17.0 Å². The highest BCUT2D eigenvalue weighted by molar-refractivity contribution is 5.87. The Hall–Kier alpha value is -1.36. The van der Waals surface area contributed by atoms with Crippen molar-refractivity contribution in [3.8, 4) is 0 Å². The molecule has 1 aliphatic rings. The topological polar surface area (TPSA) is 58.4 Å². The Labute approximate surface area is 81.9 Å². The lowest BCUT2D eigenvalue weighted by molar-refractivity contribution is 0.0683. The Kier molecular flexibility index (Phi) is 2.03. The van der Waals surface area contributed by atoms with Crippen LogP contribution in [0.3, 0.4) is 0 Å². The summed E-state index contributed by atoms with van der Waals surface area (Å²) in [6.45, 7) is 1.65. The van der Waals surface area contributed by atoms with Gasteiger partial charge in [-0.25, -0.2) is 4.79 Å². The third-order valence-corrected chi connectivity index (χ3v) is 2.59. The van der Waals surface area contributed by atoms with Crippen molar-refractivity contribution in [1.29, 1.82) is 0 Å². The van der Waals surface area contributed by atoms with E-state index in [1.807, 2.05) is 7.05 Å². The molecule has 5 nitrogen and oxygen atoms in total. The van der Waals surface area contributed by atoms with Crippen molar-refractivity contribution < 1.29 is 9.90 Å². The van der Waals surface area contributed by atoms with E-state index >= 15 is 0 Å². The standard InChI is InChI=1S/C9H13N3O2/c1-11-4-3-6-7(5-11)10-12(2)8(6)9(13)14/h3-5H2,1-2H3,(H,13,14). The van der Waals surface area contributed by atoms with Gasteiger partial charge in [-0.1, -0.05) is 0 Å². The van der Waals surface area contributed by atoms with Crippen molar-refractivity contribution in [2.75, 3.05) is 13.6 Å². The number of hydrogen-bond donors (Lipinski definition) is 1. The number of hydrogen-bond acceptors (Lipinski definition) is 3. The molecule has 5 heteroatoms. The number of nitrogens with zero attached hydrogens (tertiary/aromatic N) is 3. The van der Waals surface area contributed by atoms with Crippen LogP contribution in [0.5, 0.6) is 0 Å². The maximum Gasteiger partial charge on any atom is 0.354 e. The summed E-state index contributed by atoms with van der Waals surface area (Å²) in [4.78, 5) is 13.1. The number of fused-ring (bicyclic) bond motifs is 1. The summed E-state index contributed by atoms with van der Waals surface area (Å²) in [5, 5.41) is 13.2. The quantitative estimate of drug-likeness (QED) is 0.690. The fourth-order valence-electron chi connectivity index (χ4n) is 1.92. The molecule has 2 heterocycles. The minimum atomic E-state index is -0.884. The molecule has 0 atom stereocenters. The summed E-state index contributed by atoms with van der Waals surface area (Å²) in [7, 11) is 3.69. The van der Waals surface area contributed by atoms with E-state index in [0.717, 1.165) is 30.8 Å². The number of carboxylic acid groups (broad SMARTS) is 1. The fourth-order valence-corrected chi connectivity index (χ4v) is 1.92. The van der Waals surface area contributed by atoms with Gasteiger partial charge in [0.05, 0.1) is 5.69 Å². The molecule has 76 valence electrons. The number of aromatic carboxylic acids is 1. The lowest BCUT2D eigenvalue weighted by Crippen LogP contribution is -2.26. The lowest BCUT2D eigenvalue weighted by Gasteiger charge is -2.20. The Morgan fingerprint density at radius 2 is 2.21 bits per heavy atom. The van der Waals surface area contributed by atoms with Gasteiger partial charge < -0.3 is 10.0 Å². The van der Waals surface area contributed by atoms with Gasteiger partial charge in [0.1, 0.15) is 5.69 Å². The lowest BCUT2D eigenvalue weighted by atomic mass is 10.1. The normalized spacial score (nSPS) is 16.7. The SMILES string of the molecule is CN1CCc2c(nn(C)c2C(=O)O)C1. The average molecular weight is 195 g/mol. The van der Waals surface area contributed by atoms with Gasteiger partial charge in [-0.05, 0) is 13.5 Å². The van der Waals surface area contributed by atoms with E-state index in [1.54, 1.807) is 7.05 Å². The van der Waals surface area contributed by atoms with Crippen molar-refractivity contribution in [1.82, 2.24) is 14.7 Å². The summed E-state index contributed by atoms with van der Waals surface area (Å²) in [6.07, 6.45) is 0.779. The molecule has 14 heavy (non-hydrogen) atoms. The highest BCUT2D eigenvalue weighted by Crippen LogP contribution is 2.20. The predicted molar refractivity (Wildman–Crippen MR) is 50.2 cm³/mol. The zero-order chi connectivity index (χ0) is 10.3. The first-order valence-corrected chi connectivity index (χ1v) is 4.56. The highest BCUT2D eigenvalue weighted by Gasteiger charge is 2.24. The number of carbonyl (C=O) groups is 1. The molecule has 2 rings (SSSR count). The molecule has 0 saturated carbocycles. The average Bonchev–Trinajstić information content (AvgIpc) is 2.39. The fraction of sp³-hybridized carbons (Fsp3) is 0.556. The van der Waals surface area contributed by atoms with Crippen LogP contribution in [0, 0.1) is 0 Å². The molecule has 0 aliphatic carbocycles. The van der Waals surface area contributed by atoms with Gasteiger partial charge in [0, 0.05) is 25.7 Å². The monoisotopic (exact) mass is 195 g/mol. The second kappa shape index (κ2) is 3.09. The molecule has 0 saturated heterocycles. The molecule has 0 spiro atoms. The molecule has 1 aromatic heterocycles. The zero-order valence-electron chi connectivity index (χ0n) is 8.32. The van der Waals surface area contributed by atoms with Crippen LogP contribution >= 0.6 is 0 Å². The third-order valence-electron chi connectivity index (χ3n) is 2.59. The number of likely N-dealkylation sites (N-methyl/N-ethyl adjacent to an activating group) is 1. The van der Waals surface area contributed by atoms with E-state index < -0.39 is 5.97 Å². The van der Waals surface area contributed by atoms with Gasteiger partial charge in [-0.3, -0.25) is 4.68 Å². The second-order valence-corrected chi connectivity index (χ2v) is 3.69. The van der Waals surface area contributed by atoms with Gasteiger partial charge >= 0.3 is 5.97 Å². The Balaban J connectivity index is 2.49. The van der Waals surface area contributed by atoms with Crippen molar-refractivity contribution in [3.63, 3.8) is 0 Å². The van der Waals surface area contributed by atoms with Crippen molar-refractivity contribution in [2.24, 2.45) is 7.05 Å². The predicted octanol–water partition coefficient (Wildman–Crippen LogP) is 0.106. The Bertz CT molecular complexity index is 384. The minimum absolute atomic E-state index is 0.341. The van der Waals surface area contributed by atoms with Gasteiger partial charge in [0.25, 0.3) is 0 Å². The third kappa shape index (κ3) is 1.29. The molecule has 0 unspecified atom stereocenters. The van der Waals surface area contributed by atoms with Crippen LogP contribution in [0.25, 0.3) is 0 Å². The summed E-state index contributed by atoms with van der Waals surface area (Å²) in [5.41, 5.74) is 2.14. The van der Waals surface area contributed by atoms with Crippen LogP contribution in [0.4, 0.5) is 0 Å². The highest BCUT2D eigenvalue weighted by atomic mass is 16.4.